The molecule has 0 aliphatic heterocycles. The minimum absolute atomic E-state index is 0.0131. The largest absolute Gasteiger partial charge is 0.512 e. The first-order valence-electron chi connectivity index (χ1n) is 5.09. The number of aryl methyl sites for hydroxylation is 1. The van der Waals surface area contributed by atoms with Gasteiger partial charge in [0.1, 0.15) is 11.3 Å². The van der Waals surface area contributed by atoms with Gasteiger partial charge in [-0.2, -0.15) is 0 Å². The summed E-state index contributed by atoms with van der Waals surface area (Å²) in [4.78, 5) is 15.3. The van der Waals surface area contributed by atoms with E-state index in [1.54, 1.807) is 19.9 Å². The zero-order valence-corrected chi connectivity index (χ0v) is 9.93. The number of carbonyl (C=O) groups excluding carboxylic acids is 1. The second kappa shape index (κ2) is 5.83. The molecule has 0 aliphatic carbocycles. The summed E-state index contributed by atoms with van der Waals surface area (Å²) in [5.41, 5.74) is 0.667. The second-order valence-corrected chi connectivity index (χ2v) is 3.28. The summed E-state index contributed by atoms with van der Waals surface area (Å²) in [5, 5.41) is 13.0. The number of hydrogen-bond donors (Lipinski definition) is 1. The van der Waals surface area contributed by atoms with E-state index in [2.05, 4.69) is 10.1 Å². The van der Waals surface area contributed by atoms with E-state index < -0.39 is 5.97 Å². The van der Waals surface area contributed by atoms with Crippen LogP contribution in [0.3, 0.4) is 0 Å². The Bertz CT molecular complexity index is 456. The number of rotatable bonds is 4. The molecule has 0 radical (unpaired) electrons. The van der Waals surface area contributed by atoms with Crippen molar-refractivity contribution < 1.29 is 19.2 Å². The molecule has 0 saturated carbocycles. The predicted molar refractivity (Wildman–Crippen MR) is 61.4 cm³/mol. The standard InChI is InChI=1S/C11H14N2O4/c1-4-16-11(15)9(8(3)14)6-12-10-5-7(2)13-17-10/h5-6,14H,4H2,1-3H3. The topological polar surface area (TPSA) is 84.9 Å². The highest BCUT2D eigenvalue weighted by atomic mass is 16.5. The van der Waals surface area contributed by atoms with E-state index in [1.807, 2.05) is 0 Å². The van der Waals surface area contributed by atoms with E-state index in [9.17, 15) is 9.90 Å². The molecule has 0 saturated heterocycles. The first kappa shape index (κ1) is 13.0. The highest BCUT2D eigenvalue weighted by molar-refractivity contribution is 6.10. The summed E-state index contributed by atoms with van der Waals surface area (Å²) in [5.74, 6) is -0.540. The monoisotopic (exact) mass is 238 g/mol. The van der Waals surface area contributed by atoms with Crippen molar-refractivity contribution >= 4 is 18.1 Å². The number of ether oxygens (including phenoxy) is 1. The normalized spacial score (nSPS) is 12.6. The minimum atomic E-state index is -0.632. The molecule has 17 heavy (non-hydrogen) atoms. The van der Waals surface area contributed by atoms with Crippen LogP contribution in [0.15, 0.2) is 26.9 Å². The highest BCUT2D eigenvalue weighted by Gasteiger charge is 2.12. The second-order valence-electron chi connectivity index (χ2n) is 3.28. The molecule has 1 aromatic heterocycles. The Kier molecular flexibility index (Phi) is 4.45. The first-order chi connectivity index (χ1) is 8.04. The van der Waals surface area contributed by atoms with Crippen molar-refractivity contribution in [1.82, 2.24) is 5.16 Å². The summed E-state index contributed by atoms with van der Waals surface area (Å²) in [6.07, 6.45) is 1.19. The molecule has 0 amide bonds. The summed E-state index contributed by atoms with van der Waals surface area (Å²) in [6, 6.07) is 1.60. The maximum atomic E-state index is 11.4. The summed E-state index contributed by atoms with van der Waals surface area (Å²) in [7, 11) is 0. The lowest BCUT2D eigenvalue weighted by atomic mass is 10.2. The summed E-state index contributed by atoms with van der Waals surface area (Å²) < 4.78 is 9.59. The van der Waals surface area contributed by atoms with E-state index >= 15 is 0 Å². The third kappa shape index (κ3) is 3.75. The van der Waals surface area contributed by atoms with Crippen molar-refractivity contribution in [3.63, 3.8) is 0 Å². The van der Waals surface area contributed by atoms with Gasteiger partial charge >= 0.3 is 5.97 Å². The number of aliphatic imine (C=N–C) groups is 1. The van der Waals surface area contributed by atoms with Crippen LogP contribution >= 0.6 is 0 Å². The van der Waals surface area contributed by atoms with Crippen LogP contribution in [0.5, 0.6) is 0 Å². The third-order valence-electron chi connectivity index (χ3n) is 1.82. The fraction of sp³-hybridized carbons (Fsp3) is 0.364. The van der Waals surface area contributed by atoms with Gasteiger partial charge in [0.25, 0.3) is 5.88 Å². The van der Waals surface area contributed by atoms with Gasteiger partial charge in [-0.15, -0.1) is 0 Å². The van der Waals surface area contributed by atoms with Crippen LogP contribution in [0, 0.1) is 6.92 Å². The molecule has 1 aromatic rings. The van der Waals surface area contributed by atoms with Crippen LogP contribution < -0.4 is 0 Å². The van der Waals surface area contributed by atoms with Crippen LogP contribution in [0.25, 0.3) is 0 Å². The molecule has 0 atom stereocenters. The van der Waals surface area contributed by atoms with Gasteiger partial charge in [-0.25, -0.2) is 9.79 Å². The van der Waals surface area contributed by atoms with Gasteiger partial charge in [0.15, 0.2) is 0 Å². The summed E-state index contributed by atoms with van der Waals surface area (Å²) >= 11 is 0. The van der Waals surface area contributed by atoms with Crippen molar-refractivity contribution in [2.45, 2.75) is 20.8 Å². The maximum absolute atomic E-state index is 11.4. The van der Waals surface area contributed by atoms with Crippen molar-refractivity contribution in [3.05, 3.63) is 23.1 Å². The Hall–Kier alpha value is -2.11. The number of hydrogen-bond acceptors (Lipinski definition) is 6. The lowest BCUT2D eigenvalue weighted by Crippen LogP contribution is -2.10. The van der Waals surface area contributed by atoms with Gasteiger partial charge in [-0.05, 0) is 20.8 Å². The molecule has 1 N–H and O–H groups in total. The van der Waals surface area contributed by atoms with Gasteiger partial charge in [0.05, 0.1) is 12.3 Å². The molecule has 0 aliphatic rings. The van der Waals surface area contributed by atoms with Crippen LogP contribution in [0.1, 0.15) is 19.5 Å². The Morgan fingerprint density at radius 1 is 1.71 bits per heavy atom. The van der Waals surface area contributed by atoms with Gasteiger partial charge in [-0.3, -0.25) is 0 Å². The van der Waals surface area contributed by atoms with E-state index in [1.165, 1.54) is 13.1 Å². The van der Waals surface area contributed by atoms with E-state index in [-0.39, 0.29) is 23.8 Å². The Labute approximate surface area is 98.6 Å². The molecule has 92 valence electrons. The van der Waals surface area contributed by atoms with Crippen molar-refractivity contribution in [3.8, 4) is 0 Å². The quantitative estimate of drug-likeness (QED) is 0.375. The molecule has 6 heteroatoms. The molecule has 0 unspecified atom stereocenters. The molecule has 0 fully saturated rings. The molecule has 1 heterocycles. The molecule has 6 nitrogen and oxygen atoms in total. The van der Waals surface area contributed by atoms with E-state index in [0.717, 1.165) is 0 Å². The van der Waals surface area contributed by atoms with Crippen molar-refractivity contribution in [2.75, 3.05) is 6.61 Å². The van der Waals surface area contributed by atoms with Gasteiger partial charge in [0, 0.05) is 12.3 Å². The molecule has 0 bridgehead atoms. The molecule has 1 rings (SSSR count). The maximum Gasteiger partial charge on any atom is 0.343 e. The average molecular weight is 238 g/mol. The van der Waals surface area contributed by atoms with Crippen LogP contribution in [-0.4, -0.2) is 29.1 Å². The molecular weight excluding hydrogens is 224 g/mol. The number of carbonyl (C=O) groups is 1. The van der Waals surface area contributed by atoms with Crippen molar-refractivity contribution in [2.24, 2.45) is 4.99 Å². The lowest BCUT2D eigenvalue weighted by molar-refractivity contribution is -0.138. The van der Waals surface area contributed by atoms with E-state index in [0.29, 0.717) is 5.69 Å². The Morgan fingerprint density at radius 3 is 2.88 bits per heavy atom. The fourth-order valence-electron chi connectivity index (χ4n) is 1.04. The average Bonchev–Trinajstić information content (AvgIpc) is 2.64. The minimum Gasteiger partial charge on any atom is -0.512 e. The van der Waals surface area contributed by atoms with Gasteiger partial charge < -0.3 is 14.4 Å². The lowest BCUT2D eigenvalue weighted by Gasteiger charge is -2.02. The summed E-state index contributed by atoms with van der Waals surface area (Å²) in [6.45, 7) is 5.04. The van der Waals surface area contributed by atoms with Gasteiger partial charge in [-0.1, -0.05) is 5.16 Å². The highest BCUT2D eigenvalue weighted by Crippen LogP contribution is 2.13. The zero-order valence-electron chi connectivity index (χ0n) is 9.93. The van der Waals surface area contributed by atoms with Crippen LogP contribution in [-0.2, 0) is 9.53 Å². The fourth-order valence-corrected chi connectivity index (χ4v) is 1.04. The number of allylic oxidation sites excluding steroid dienone is 1. The van der Waals surface area contributed by atoms with Crippen LogP contribution in [0.2, 0.25) is 0 Å². The Balaban J connectivity index is 2.85. The molecule has 0 spiro atoms. The predicted octanol–water partition coefficient (Wildman–Crippen LogP) is 2.08. The Morgan fingerprint density at radius 2 is 2.41 bits per heavy atom. The molecule has 0 aromatic carbocycles. The molecular formula is C11H14N2O4. The SMILES string of the molecule is CCOC(=O)C(C=Nc1cc(C)no1)=C(C)O. The third-order valence-corrected chi connectivity index (χ3v) is 1.82. The number of esters is 1. The number of nitrogens with zero attached hydrogens (tertiary/aromatic N) is 2. The van der Waals surface area contributed by atoms with Crippen molar-refractivity contribution in [1.29, 1.82) is 0 Å². The first-order valence-corrected chi connectivity index (χ1v) is 5.09. The van der Waals surface area contributed by atoms with E-state index in [4.69, 9.17) is 9.26 Å². The number of aliphatic hydroxyl groups excluding tert-OH is 1. The number of aliphatic hydroxyl groups is 1. The number of aromatic nitrogens is 1. The zero-order chi connectivity index (χ0) is 12.8. The van der Waals surface area contributed by atoms with Gasteiger partial charge in [0.2, 0.25) is 0 Å². The van der Waals surface area contributed by atoms with Crippen LogP contribution in [0.4, 0.5) is 5.88 Å². The smallest absolute Gasteiger partial charge is 0.343 e.